The van der Waals surface area contributed by atoms with Gasteiger partial charge in [-0.25, -0.2) is 6.07 Å². The van der Waals surface area contributed by atoms with Crippen molar-refractivity contribution in [1.82, 2.24) is 0 Å². The van der Waals surface area contributed by atoms with Crippen LogP contribution < -0.4 is 30.0 Å². The molecule has 0 fully saturated rings. The fourth-order valence-corrected chi connectivity index (χ4v) is 6.55. The second-order valence-corrected chi connectivity index (χ2v) is 15.1. The average Bonchev–Trinajstić information content (AvgIpc) is 3.34. The van der Waals surface area contributed by atoms with Crippen LogP contribution in [0.25, 0.3) is 11.1 Å². The van der Waals surface area contributed by atoms with E-state index in [1.165, 1.54) is 63.2 Å². The van der Waals surface area contributed by atoms with Gasteiger partial charge in [-0.1, -0.05) is 68.9 Å². The zero-order valence-corrected chi connectivity index (χ0v) is 25.6. The van der Waals surface area contributed by atoms with Crippen molar-refractivity contribution in [3.05, 3.63) is 119 Å². The SMILES string of the molecule is Cc1cc([Si](C)(C)C)c(C)[cH-]1.[Cl-].[Cl-].[Zr+2]=[CH]c1ccccc1.[c-]1cccc2c1Cc1ccccc1-2. The molecule has 5 rings (SSSR count). The molecule has 0 nitrogen and oxygen atoms in total. The van der Waals surface area contributed by atoms with E-state index in [1.54, 1.807) is 5.19 Å². The Balaban J connectivity index is 0.000000255. The molecule has 0 radical (unpaired) electrons. The molecule has 4 aromatic carbocycles. The molecule has 1 aliphatic carbocycles. The number of rotatable bonds is 2. The summed E-state index contributed by atoms with van der Waals surface area (Å²) < 4.78 is 2.17. The van der Waals surface area contributed by atoms with Gasteiger partial charge < -0.3 is 24.8 Å². The summed E-state index contributed by atoms with van der Waals surface area (Å²) in [6.07, 6.45) is 1.05. The Hall–Kier alpha value is -1.44. The van der Waals surface area contributed by atoms with Crippen LogP contribution in [0.2, 0.25) is 19.6 Å². The molecular weight excluding hydrogens is 551 g/mol. The summed E-state index contributed by atoms with van der Waals surface area (Å²) in [5.41, 5.74) is 9.74. The Bertz CT molecular complexity index is 1130. The Kier molecular flexibility index (Phi) is 12.8. The first kappa shape index (κ1) is 30.6. The number of hydrogen-bond acceptors (Lipinski definition) is 0. The normalized spacial score (nSPS) is 10.7. The van der Waals surface area contributed by atoms with Gasteiger partial charge in [0.25, 0.3) is 0 Å². The van der Waals surface area contributed by atoms with E-state index >= 15 is 0 Å². The van der Waals surface area contributed by atoms with Gasteiger partial charge in [-0.2, -0.15) is 52.2 Å². The Morgan fingerprint density at radius 2 is 1.47 bits per heavy atom. The molecule has 0 saturated heterocycles. The van der Waals surface area contributed by atoms with Crippen LogP contribution >= 0.6 is 0 Å². The molecule has 1 aliphatic rings. The van der Waals surface area contributed by atoms with E-state index in [0.717, 1.165) is 6.42 Å². The van der Waals surface area contributed by atoms with Crippen molar-refractivity contribution in [2.24, 2.45) is 0 Å². The van der Waals surface area contributed by atoms with Crippen molar-refractivity contribution >= 4 is 17.0 Å². The largest absolute Gasteiger partial charge is 0.179 e. The van der Waals surface area contributed by atoms with Crippen LogP contribution in [0.15, 0.2) is 84.9 Å². The zero-order valence-electron chi connectivity index (χ0n) is 20.6. The van der Waals surface area contributed by atoms with Gasteiger partial charge in [-0.15, -0.1) is 5.56 Å². The molecule has 4 heteroatoms. The first-order chi connectivity index (χ1) is 15.3. The molecule has 0 unspecified atom stereocenters. The summed E-state index contributed by atoms with van der Waals surface area (Å²) in [5, 5.41) is 1.62. The van der Waals surface area contributed by atoms with Crippen LogP contribution in [-0.4, -0.2) is 11.8 Å². The standard InChI is InChI=1S/C13H9.C10H17Si.C7H6.2ClH.Zr/c1-3-7-12-10(5-1)9-11-6-2-4-8-13(11)12;1-8-6-9(2)10(7-8)11(3,4)5;1-7-5-3-2-4-6-7;;;/h1-5,7-8H,9H2;6-7H,1-5H3;1-6H;2*1H;/q2*-1;;;;+2/p-2. The summed E-state index contributed by atoms with van der Waals surface area (Å²) in [4.78, 5) is 0. The van der Waals surface area contributed by atoms with Gasteiger partial charge in [0.05, 0.1) is 0 Å². The number of benzene rings is 3. The summed E-state index contributed by atoms with van der Waals surface area (Å²) in [6, 6.07) is 33.1. The topological polar surface area (TPSA) is 0 Å². The van der Waals surface area contributed by atoms with Crippen LogP contribution in [0, 0.1) is 19.9 Å². The Morgan fingerprint density at radius 3 is 2.00 bits per heavy atom. The molecule has 0 aliphatic heterocycles. The van der Waals surface area contributed by atoms with Gasteiger partial charge in [-0.3, -0.25) is 0 Å². The van der Waals surface area contributed by atoms with Crippen molar-refractivity contribution in [3.8, 4) is 11.1 Å². The van der Waals surface area contributed by atoms with Crippen LogP contribution in [-0.2, 0) is 30.7 Å². The van der Waals surface area contributed by atoms with E-state index in [9.17, 15) is 0 Å². The minimum Gasteiger partial charge on any atom is -0.179 e. The van der Waals surface area contributed by atoms with E-state index in [2.05, 4.69) is 116 Å². The summed E-state index contributed by atoms with van der Waals surface area (Å²) in [6.45, 7) is 11.6. The number of fused-ring (bicyclic) bond motifs is 3. The van der Waals surface area contributed by atoms with E-state index in [1.807, 2.05) is 12.1 Å². The van der Waals surface area contributed by atoms with Crippen molar-refractivity contribution < 1.29 is 49.0 Å². The summed E-state index contributed by atoms with van der Waals surface area (Å²) in [5.74, 6) is 0. The summed E-state index contributed by atoms with van der Waals surface area (Å²) >= 11 is 1.46. The minimum atomic E-state index is -1.06. The fourth-order valence-electron chi connectivity index (χ4n) is 4.16. The van der Waals surface area contributed by atoms with Gasteiger partial charge in [0.1, 0.15) is 0 Å². The molecule has 0 aromatic heterocycles. The first-order valence-corrected chi connectivity index (χ1v) is 16.1. The molecule has 0 amide bonds. The molecule has 0 heterocycles. The predicted molar refractivity (Wildman–Crippen MR) is 140 cm³/mol. The van der Waals surface area contributed by atoms with E-state index < -0.39 is 8.07 Å². The molecule has 0 N–H and O–H groups in total. The average molecular weight is 583 g/mol. The molecule has 0 saturated carbocycles. The van der Waals surface area contributed by atoms with Crippen molar-refractivity contribution in [3.63, 3.8) is 0 Å². The Morgan fingerprint density at radius 1 is 0.853 bits per heavy atom. The van der Waals surface area contributed by atoms with Gasteiger partial charge in [0.2, 0.25) is 0 Å². The van der Waals surface area contributed by atoms with Crippen LogP contribution in [0.5, 0.6) is 0 Å². The first-order valence-electron chi connectivity index (χ1n) is 11.2. The third kappa shape index (κ3) is 8.35. The second kappa shape index (κ2) is 14.2. The van der Waals surface area contributed by atoms with E-state index in [0.29, 0.717) is 0 Å². The molecule has 0 atom stereocenters. The molecule has 0 spiro atoms. The summed E-state index contributed by atoms with van der Waals surface area (Å²) in [7, 11) is -1.06. The molecular formula is C30H32Cl2SiZr-2. The van der Waals surface area contributed by atoms with Crippen molar-refractivity contribution in [2.75, 3.05) is 0 Å². The predicted octanol–water partition coefficient (Wildman–Crippen LogP) is 1.02. The maximum atomic E-state index is 3.30. The zero-order chi connectivity index (χ0) is 23.1. The van der Waals surface area contributed by atoms with Crippen LogP contribution in [0.1, 0.15) is 27.8 Å². The maximum absolute atomic E-state index is 3.30. The third-order valence-electron chi connectivity index (χ3n) is 5.63. The fraction of sp³-hybridized carbons (Fsp3) is 0.200. The third-order valence-corrected chi connectivity index (χ3v) is 8.61. The van der Waals surface area contributed by atoms with Crippen LogP contribution in [0.4, 0.5) is 0 Å². The number of hydrogen-bond donors (Lipinski definition) is 0. The van der Waals surface area contributed by atoms with Crippen molar-refractivity contribution in [2.45, 2.75) is 39.9 Å². The van der Waals surface area contributed by atoms with Gasteiger partial charge in [0.15, 0.2) is 0 Å². The Labute approximate surface area is 234 Å². The second-order valence-electron chi connectivity index (χ2n) is 9.33. The van der Waals surface area contributed by atoms with Gasteiger partial charge in [0, 0.05) is 8.07 Å². The molecule has 0 bridgehead atoms. The molecule has 4 aromatic rings. The monoisotopic (exact) mass is 580 g/mol. The minimum absolute atomic E-state index is 0. The quantitative estimate of drug-likeness (QED) is 0.216. The van der Waals surface area contributed by atoms with Gasteiger partial charge in [-0.05, 0) is 6.42 Å². The number of aryl methyl sites for hydroxylation is 2. The molecule has 176 valence electrons. The maximum Gasteiger partial charge on any atom is -0.0253 e. The molecule has 34 heavy (non-hydrogen) atoms. The van der Waals surface area contributed by atoms with Crippen molar-refractivity contribution in [1.29, 1.82) is 0 Å². The smallest absolute Gasteiger partial charge is 0.0253 e. The number of halogens is 2. The van der Waals surface area contributed by atoms with E-state index in [-0.39, 0.29) is 24.8 Å². The van der Waals surface area contributed by atoms with Gasteiger partial charge >= 0.3 is 63.8 Å². The van der Waals surface area contributed by atoms with E-state index in [4.69, 9.17) is 0 Å². The van der Waals surface area contributed by atoms with Crippen LogP contribution in [0.3, 0.4) is 0 Å².